The van der Waals surface area contributed by atoms with E-state index in [0.29, 0.717) is 42.0 Å². The zero-order chi connectivity index (χ0) is 24.2. The molecule has 0 aliphatic carbocycles. The first kappa shape index (κ1) is 22.8. The SMILES string of the molecule is COc1ccc(CC2CCN(C(=O)c3nn(Cc4ccccc4)c(=O)c4ccccc34)CC2)cc1. The summed E-state index contributed by atoms with van der Waals surface area (Å²) in [6, 6.07) is 25.2. The van der Waals surface area contributed by atoms with E-state index in [1.54, 1.807) is 13.2 Å². The van der Waals surface area contributed by atoms with Crippen molar-refractivity contribution >= 4 is 16.7 Å². The van der Waals surface area contributed by atoms with E-state index < -0.39 is 0 Å². The van der Waals surface area contributed by atoms with E-state index in [9.17, 15) is 9.59 Å². The second-order valence-corrected chi connectivity index (χ2v) is 9.13. The summed E-state index contributed by atoms with van der Waals surface area (Å²) in [6.07, 6.45) is 2.88. The summed E-state index contributed by atoms with van der Waals surface area (Å²) in [6.45, 7) is 1.70. The average molecular weight is 468 g/mol. The lowest BCUT2D eigenvalue weighted by molar-refractivity contribution is 0.0684. The number of methoxy groups -OCH3 is 1. The minimum atomic E-state index is -0.181. The molecule has 0 bridgehead atoms. The molecule has 1 aliphatic heterocycles. The number of nitrogens with zero attached hydrogens (tertiary/aromatic N) is 3. The molecule has 35 heavy (non-hydrogen) atoms. The number of carbonyl (C=O) groups is 1. The number of likely N-dealkylation sites (tertiary alicyclic amines) is 1. The summed E-state index contributed by atoms with van der Waals surface area (Å²) in [4.78, 5) is 28.6. The molecule has 0 N–H and O–H groups in total. The third-order valence-corrected chi connectivity index (χ3v) is 6.83. The number of hydrogen-bond acceptors (Lipinski definition) is 4. The summed E-state index contributed by atoms with van der Waals surface area (Å²) >= 11 is 0. The van der Waals surface area contributed by atoms with Crippen LogP contribution in [0.1, 0.15) is 34.5 Å². The number of fused-ring (bicyclic) bond motifs is 1. The quantitative estimate of drug-likeness (QED) is 0.417. The van der Waals surface area contributed by atoms with Crippen LogP contribution in [0.3, 0.4) is 0 Å². The number of ether oxygens (including phenoxy) is 1. The Hall–Kier alpha value is -3.93. The maximum Gasteiger partial charge on any atom is 0.274 e. The maximum absolute atomic E-state index is 13.6. The number of rotatable bonds is 6. The highest BCUT2D eigenvalue weighted by atomic mass is 16.5. The first-order valence-electron chi connectivity index (χ1n) is 12.1. The number of hydrogen-bond donors (Lipinski definition) is 0. The number of benzene rings is 3. The van der Waals surface area contributed by atoms with Gasteiger partial charge >= 0.3 is 0 Å². The van der Waals surface area contributed by atoms with Crippen molar-refractivity contribution in [3.05, 3.63) is 106 Å². The van der Waals surface area contributed by atoms with Gasteiger partial charge in [-0.1, -0.05) is 60.7 Å². The Balaban J connectivity index is 1.35. The normalized spacial score (nSPS) is 14.3. The van der Waals surface area contributed by atoms with Crippen LogP contribution in [0.2, 0.25) is 0 Å². The largest absolute Gasteiger partial charge is 0.497 e. The second kappa shape index (κ2) is 10.1. The summed E-state index contributed by atoms with van der Waals surface area (Å²) in [7, 11) is 1.67. The molecule has 6 heteroatoms. The van der Waals surface area contributed by atoms with E-state index >= 15 is 0 Å². The highest BCUT2D eigenvalue weighted by Gasteiger charge is 2.27. The highest BCUT2D eigenvalue weighted by molar-refractivity contribution is 6.04. The van der Waals surface area contributed by atoms with Gasteiger partial charge in [0.05, 0.1) is 19.0 Å². The van der Waals surface area contributed by atoms with Crippen molar-refractivity contribution in [2.75, 3.05) is 20.2 Å². The molecule has 0 unspecified atom stereocenters. The zero-order valence-corrected chi connectivity index (χ0v) is 19.9. The smallest absolute Gasteiger partial charge is 0.274 e. The fourth-order valence-corrected chi connectivity index (χ4v) is 4.84. The lowest BCUT2D eigenvalue weighted by atomic mass is 9.90. The van der Waals surface area contributed by atoms with E-state index in [1.165, 1.54) is 10.2 Å². The molecule has 1 aliphatic rings. The molecule has 1 aromatic heterocycles. The third-order valence-electron chi connectivity index (χ3n) is 6.83. The minimum absolute atomic E-state index is 0.106. The lowest BCUT2D eigenvalue weighted by Crippen LogP contribution is -2.40. The Morgan fingerprint density at radius 3 is 2.23 bits per heavy atom. The van der Waals surface area contributed by atoms with Gasteiger partial charge in [-0.25, -0.2) is 4.68 Å². The monoisotopic (exact) mass is 467 g/mol. The van der Waals surface area contributed by atoms with E-state index in [1.807, 2.05) is 65.6 Å². The minimum Gasteiger partial charge on any atom is -0.497 e. The van der Waals surface area contributed by atoms with Crippen LogP contribution in [0.5, 0.6) is 5.75 Å². The van der Waals surface area contributed by atoms with Crippen molar-refractivity contribution in [3.8, 4) is 5.75 Å². The summed E-state index contributed by atoms with van der Waals surface area (Å²) < 4.78 is 6.67. The Kier molecular flexibility index (Phi) is 6.62. The Morgan fingerprint density at radius 2 is 1.54 bits per heavy atom. The molecule has 0 radical (unpaired) electrons. The Bertz CT molecular complexity index is 1370. The van der Waals surface area contributed by atoms with Crippen LogP contribution < -0.4 is 10.3 Å². The van der Waals surface area contributed by atoms with Crippen LogP contribution in [0.4, 0.5) is 0 Å². The van der Waals surface area contributed by atoms with Gasteiger partial charge in [0.15, 0.2) is 5.69 Å². The van der Waals surface area contributed by atoms with Gasteiger partial charge in [0.2, 0.25) is 0 Å². The van der Waals surface area contributed by atoms with Crippen molar-refractivity contribution in [1.82, 2.24) is 14.7 Å². The van der Waals surface area contributed by atoms with Gasteiger partial charge < -0.3 is 9.64 Å². The van der Waals surface area contributed by atoms with Gasteiger partial charge in [-0.2, -0.15) is 5.10 Å². The summed E-state index contributed by atoms with van der Waals surface area (Å²) in [5.41, 5.74) is 2.43. The van der Waals surface area contributed by atoms with Crippen molar-refractivity contribution in [2.24, 2.45) is 5.92 Å². The summed E-state index contributed by atoms with van der Waals surface area (Å²) in [5.74, 6) is 1.29. The number of aromatic nitrogens is 2. The molecule has 4 aromatic rings. The molecule has 1 fully saturated rings. The van der Waals surface area contributed by atoms with Gasteiger partial charge in [-0.15, -0.1) is 0 Å². The van der Waals surface area contributed by atoms with E-state index in [4.69, 9.17) is 4.74 Å². The lowest BCUT2D eigenvalue weighted by Gasteiger charge is -2.32. The zero-order valence-electron chi connectivity index (χ0n) is 19.9. The van der Waals surface area contributed by atoms with Crippen molar-refractivity contribution in [1.29, 1.82) is 0 Å². The third kappa shape index (κ3) is 4.97. The fraction of sp³-hybridized carbons (Fsp3) is 0.276. The van der Waals surface area contributed by atoms with Crippen LogP contribution in [-0.2, 0) is 13.0 Å². The van der Waals surface area contributed by atoms with Crippen molar-refractivity contribution < 1.29 is 9.53 Å². The molecule has 0 atom stereocenters. The van der Waals surface area contributed by atoms with E-state index in [2.05, 4.69) is 17.2 Å². The van der Waals surface area contributed by atoms with Crippen LogP contribution in [-0.4, -0.2) is 40.8 Å². The molecule has 0 saturated carbocycles. The fourth-order valence-electron chi connectivity index (χ4n) is 4.84. The average Bonchev–Trinajstić information content (AvgIpc) is 2.91. The van der Waals surface area contributed by atoms with Gasteiger partial charge in [0.1, 0.15) is 5.75 Å². The van der Waals surface area contributed by atoms with Crippen LogP contribution in [0.15, 0.2) is 83.7 Å². The number of amides is 1. The first-order valence-corrected chi connectivity index (χ1v) is 12.1. The second-order valence-electron chi connectivity index (χ2n) is 9.13. The molecular weight excluding hydrogens is 438 g/mol. The van der Waals surface area contributed by atoms with E-state index in [0.717, 1.165) is 30.6 Å². The predicted molar refractivity (Wildman–Crippen MR) is 137 cm³/mol. The van der Waals surface area contributed by atoms with Crippen LogP contribution >= 0.6 is 0 Å². The van der Waals surface area contributed by atoms with Crippen molar-refractivity contribution in [3.63, 3.8) is 0 Å². The van der Waals surface area contributed by atoms with Gasteiger partial charge in [-0.05, 0) is 54.5 Å². The molecule has 178 valence electrons. The van der Waals surface area contributed by atoms with Crippen molar-refractivity contribution in [2.45, 2.75) is 25.8 Å². The Morgan fingerprint density at radius 1 is 0.886 bits per heavy atom. The number of carbonyl (C=O) groups excluding carboxylic acids is 1. The van der Waals surface area contributed by atoms with E-state index in [-0.39, 0.29) is 11.5 Å². The molecule has 1 amide bonds. The molecule has 0 spiro atoms. The molecule has 3 aromatic carbocycles. The molecule has 2 heterocycles. The topological polar surface area (TPSA) is 64.4 Å². The maximum atomic E-state index is 13.6. The summed E-state index contributed by atoms with van der Waals surface area (Å²) in [5, 5.41) is 5.72. The van der Waals surface area contributed by atoms with Gasteiger partial charge in [0.25, 0.3) is 11.5 Å². The molecule has 6 nitrogen and oxygen atoms in total. The first-order chi connectivity index (χ1) is 17.1. The predicted octanol–water partition coefficient (Wildman–Crippen LogP) is 4.55. The van der Waals surface area contributed by atoms with Gasteiger partial charge in [0, 0.05) is 18.5 Å². The molecule has 1 saturated heterocycles. The molecule has 5 rings (SSSR count). The van der Waals surface area contributed by atoms with Crippen LogP contribution in [0, 0.1) is 5.92 Å². The highest BCUT2D eigenvalue weighted by Crippen LogP contribution is 2.25. The molecular formula is C29H29N3O3. The number of piperidine rings is 1. The van der Waals surface area contributed by atoms with Crippen LogP contribution in [0.25, 0.3) is 10.8 Å². The Labute approximate surface area is 204 Å². The van der Waals surface area contributed by atoms with Gasteiger partial charge in [-0.3, -0.25) is 9.59 Å². The standard InChI is InChI=1S/C29H29N3O3/c1-35-24-13-11-21(12-14-24)19-22-15-17-31(18-16-22)29(34)27-25-9-5-6-10-26(25)28(33)32(30-27)20-23-7-3-2-4-8-23/h2-14,22H,15-20H2,1H3.